The van der Waals surface area contributed by atoms with Gasteiger partial charge in [-0.3, -0.25) is 0 Å². The van der Waals surface area contributed by atoms with E-state index in [4.69, 9.17) is 4.74 Å². The third kappa shape index (κ3) is 3.14. The van der Waals surface area contributed by atoms with Crippen molar-refractivity contribution in [3.63, 3.8) is 0 Å². The molecule has 0 radical (unpaired) electrons. The fourth-order valence-corrected chi connectivity index (χ4v) is 4.81. The Labute approximate surface area is 146 Å². The first-order chi connectivity index (χ1) is 11.6. The summed E-state index contributed by atoms with van der Waals surface area (Å²) in [4.78, 5) is 20.1. The van der Waals surface area contributed by atoms with E-state index in [2.05, 4.69) is 26.4 Å². The van der Waals surface area contributed by atoms with Gasteiger partial charge in [-0.1, -0.05) is 4.49 Å². The Morgan fingerprint density at radius 1 is 1.29 bits per heavy atom. The van der Waals surface area contributed by atoms with E-state index in [1.54, 1.807) is 0 Å². The lowest BCUT2D eigenvalue weighted by molar-refractivity contribution is 0.0438. The minimum Gasteiger partial charge on any atom is -0.378 e. The van der Waals surface area contributed by atoms with Crippen LogP contribution in [0, 0.1) is 24.7 Å². The van der Waals surface area contributed by atoms with Crippen LogP contribution in [0.5, 0.6) is 0 Å². The first-order valence-corrected chi connectivity index (χ1v) is 9.49. The summed E-state index contributed by atoms with van der Waals surface area (Å²) in [5, 5.41) is 4.08. The number of piperidine rings is 1. The Hall–Kier alpha value is -1.25. The summed E-state index contributed by atoms with van der Waals surface area (Å²) >= 11 is 1.50. The average molecular weight is 351 g/mol. The van der Waals surface area contributed by atoms with E-state index in [1.807, 2.05) is 11.8 Å². The zero-order valence-corrected chi connectivity index (χ0v) is 15.2. The normalized spacial score (nSPS) is 29.2. The summed E-state index contributed by atoms with van der Waals surface area (Å²) in [6.45, 7) is 8.73. The fourth-order valence-electron chi connectivity index (χ4n) is 4.10. The molecule has 0 bridgehead atoms. The SMILES string of the molecule is Cc1nnsc1CN(C)CC1C2CN(C(=O)N3CCOCC3)CC12. The molecule has 7 nitrogen and oxygen atoms in total. The number of hydrogen-bond acceptors (Lipinski definition) is 6. The lowest BCUT2D eigenvalue weighted by atomic mass is 10.2. The number of hydrogen-bond donors (Lipinski definition) is 0. The van der Waals surface area contributed by atoms with Gasteiger partial charge in [-0.2, -0.15) is 0 Å². The average Bonchev–Trinajstić information content (AvgIpc) is 2.95. The van der Waals surface area contributed by atoms with Crippen molar-refractivity contribution in [2.24, 2.45) is 17.8 Å². The quantitative estimate of drug-likeness (QED) is 0.807. The first kappa shape index (κ1) is 16.2. The molecule has 2 unspecified atom stereocenters. The highest BCUT2D eigenvalue weighted by Crippen LogP contribution is 2.52. The second-order valence-electron chi connectivity index (χ2n) is 7.26. The largest absolute Gasteiger partial charge is 0.378 e. The molecular weight excluding hydrogens is 326 g/mol. The van der Waals surface area contributed by atoms with E-state index in [0.29, 0.717) is 25.0 Å². The van der Waals surface area contributed by atoms with Crippen molar-refractivity contribution in [1.82, 2.24) is 24.3 Å². The summed E-state index contributed by atoms with van der Waals surface area (Å²) in [5.74, 6) is 2.13. The molecule has 132 valence electrons. The van der Waals surface area contributed by atoms with Gasteiger partial charge < -0.3 is 19.4 Å². The van der Waals surface area contributed by atoms with E-state index < -0.39 is 0 Å². The van der Waals surface area contributed by atoms with E-state index in [-0.39, 0.29) is 6.03 Å². The summed E-state index contributed by atoms with van der Waals surface area (Å²) in [7, 11) is 2.17. The van der Waals surface area contributed by atoms with Crippen LogP contribution in [-0.2, 0) is 11.3 Å². The molecule has 24 heavy (non-hydrogen) atoms. The van der Waals surface area contributed by atoms with E-state index in [0.717, 1.165) is 50.9 Å². The first-order valence-electron chi connectivity index (χ1n) is 8.71. The second kappa shape index (κ2) is 6.57. The molecule has 3 heterocycles. The van der Waals surface area contributed by atoms with Gasteiger partial charge in [0.05, 0.1) is 23.8 Å². The molecule has 2 saturated heterocycles. The lowest BCUT2D eigenvalue weighted by Gasteiger charge is -2.32. The molecule has 1 aromatic heterocycles. The van der Waals surface area contributed by atoms with Crippen LogP contribution in [0.15, 0.2) is 0 Å². The number of morpholine rings is 1. The van der Waals surface area contributed by atoms with Crippen molar-refractivity contribution in [2.45, 2.75) is 13.5 Å². The van der Waals surface area contributed by atoms with Gasteiger partial charge in [0, 0.05) is 39.3 Å². The van der Waals surface area contributed by atoms with Crippen molar-refractivity contribution in [2.75, 3.05) is 53.0 Å². The highest BCUT2D eigenvalue weighted by atomic mass is 32.1. The van der Waals surface area contributed by atoms with Crippen molar-refractivity contribution in [3.05, 3.63) is 10.6 Å². The third-order valence-corrected chi connectivity index (χ3v) is 6.41. The van der Waals surface area contributed by atoms with Gasteiger partial charge in [0.2, 0.25) is 0 Å². The molecule has 0 N–H and O–H groups in total. The number of urea groups is 1. The van der Waals surface area contributed by atoms with Crippen molar-refractivity contribution in [3.8, 4) is 0 Å². The van der Waals surface area contributed by atoms with Gasteiger partial charge in [0.15, 0.2) is 0 Å². The minimum absolute atomic E-state index is 0.212. The third-order valence-electron chi connectivity index (χ3n) is 5.60. The maximum Gasteiger partial charge on any atom is 0.320 e. The Balaban J connectivity index is 1.23. The number of aromatic nitrogens is 2. The molecule has 4 rings (SSSR count). The lowest BCUT2D eigenvalue weighted by Crippen LogP contribution is -2.48. The molecule has 1 aliphatic carbocycles. The van der Waals surface area contributed by atoms with Crippen LogP contribution in [0.4, 0.5) is 4.79 Å². The Morgan fingerprint density at radius 3 is 2.62 bits per heavy atom. The predicted molar refractivity (Wildman–Crippen MR) is 90.8 cm³/mol. The van der Waals surface area contributed by atoms with Crippen molar-refractivity contribution in [1.29, 1.82) is 0 Å². The number of rotatable bonds is 4. The van der Waals surface area contributed by atoms with Gasteiger partial charge in [0.25, 0.3) is 0 Å². The number of carbonyl (C=O) groups is 1. The van der Waals surface area contributed by atoms with Gasteiger partial charge in [-0.05, 0) is 43.3 Å². The molecule has 3 aliphatic rings. The molecule has 2 amide bonds. The summed E-state index contributed by atoms with van der Waals surface area (Å²) in [5.41, 5.74) is 1.05. The van der Waals surface area contributed by atoms with Crippen LogP contribution in [0.25, 0.3) is 0 Å². The number of ether oxygens (including phenoxy) is 1. The van der Waals surface area contributed by atoms with Crippen molar-refractivity contribution < 1.29 is 9.53 Å². The zero-order valence-electron chi connectivity index (χ0n) is 14.3. The number of fused-ring (bicyclic) bond motifs is 1. The molecule has 2 atom stereocenters. The number of likely N-dealkylation sites (tertiary alicyclic amines) is 1. The second-order valence-corrected chi connectivity index (χ2v) is 8.10. The molecule has 0 spiro atoms. The zero-order chi connectivity index (χ0) is 16.7. The van der Waals surface area contributed by atoms with Crippen LogP contribution in [-0.4, -0.2) is 83.3 Å². The van der Waals surface area contributed by atoms with Crippen LogP contribution >= 0.6 is 11.5 Å². The maximum atomic E-state index is 12.5. The van der Waals surface area contributed by atoms with Crippen LogP contribution < -0.4 is 0 Å². The fraction of sp³-hybridized carbons (Fsp3) is 0.812. The van der Waals surface area contributed by atoms with Crippen molar-refractivity contribution >= 4 is 17.6 Å². The highest BCUT2D eigenvalue weighted by molar-refractivity contribution is 7.05. The van der Waals surface area contributed by atoms with Crippen LogP contribution in [0.1, 0.15) is 10.6 Å². The number of nitrogens with zero attached hydrogens (tertiary/aromatic N) is 5. The van der Waals surface area contributed by atoms with E-state index in [9.17, 15) is 4.79 Å². The Bertz CT molecular complexity index is 591. The molecule has 2 aliphatic heterocycles. The van der Waals surface area contributed by atoms with Gasteiger partial charge in [0.1, 0.15) is 0 Å². The summed E-state index contributed by atoms with van der Waals surface area (Å²) < 4.78 is 9.34. The minimum atomic E-state index is 0.212. The topological polar surface area (TPSA) is 61.8 Å². The van der Waals surface area contributed by atoms with Gasteiger partial charge in [-0.15, -0.1) is 5.10 Å². The Morgan fingerprint density at radius 2 is 2.00 bits per heavy atom. The maximum absolute atomic E-state index is 12.5. The van der Waals surface area contributed by atoms with Gasteiger partial charge in [-0.25, -0.2) is 4.79 Å². The predicted octanol–water partition coefficient (Wildman–Crippen LogP) is 0.908. The van der Waals surface area contributed by atoms with Crippen LogP contribution in [0.3, 0.4) is 0 Å². The van der Waals surface area contributed by atoms with Gasteiger partial charge >= 0.3 is 6.03 Å². The van der Waals surface area contributed by atoms with Crippen LogP contribution in [0.2, 0.25) is 0 Å². The Kier molecular flexibility index (Phi) is 4.44. The molecule has 3 fully saturated rings. The van der Waals surface area contributed by atoms with E-state index >= 15 is 0 Å². The standard InChI is InChI=1S/C16H25N5O2S/c1-11-15(24-18-17-11)10-19(2)7-12-13-8-21(9-14(12)13)16(22)20-3-5-23-6-4-20/h12-14H,3-10H2,1-2H3. The molecule has 1 aromatic rings. The number of amides is 2. The molecule has 8 heteroatoms. The van der Waals surface area contributed by atoms with E-state index in [1.165, 1.54) is 16.4 Å². The molecule has 0 aromatic carbocycles. The molecule has 1 saturated carbocycles. The molecular formula is C16H25N5O2S. The monoisotopic (exact) mass is 351 g/mol. The summed E-state index contributed by atoms with van der Waals surface area (Å²) in [6, 6.07) is 0.212. The highest BCUT2D eigenvalue weighted by Gasteiger charge is 2.56. The smallest absolute Gasteiger partial charge is 0.320 e. The number of carbonyl (C=O) groups excluding carboxylic acids is 1. The summed E-state index contributed by atoms with van der Waals surface area (Å²) in [6.07, 6.45) is 0. The number of aryl methyl sites for hydroxylation is 1.